The third-order valence-corrected chi connectivity index (χ3v) is 6.29. The summed E-state index contributed by atoms with van der Waals surface area (Å²) < 4.78 is 0. The maximum absolute atomic E-state index is 9.05. The largest absolute Gasteiger partial charge is 0.396 e. The quantitative estimate of drug-likeness (QED) is 0.562. The minimum atomic E-state index is -1.06. The smallest absolute Gasteiger partial charge is 0.0479 e. The molecule has 14 heavy (non-hydrogen) atoms. The van der Waals surface area contributed by atoms with Gasteiger partial charge in [0.15, 0.2) is 0 Å². The molecular weight excluding hydrogens is 188 g/mol. The fraction of sp³-hybridized carbons (Fsp3) is 0.833. The summed E-state index contributed by atoms with van der Waals surface area (Å²) in [5.74, 6) is 1.38. The average Bonchev–Trinajstić information content (AvgIpc) is 2.07. The first-order valence-electron chi connectivity index (χ1n) is 5.74. The van der Waals surface area contributed by atoms with Gasteiger partial charge in [0.05, 0.1) is 0 Å². The Morgan fingerprint density at radius 2 is 1.93 bits per heavy atom. The average molecular weight is 212 g/mol. The lowest BCUT2D eigenvalue weighted by Crippen LogP contribution is -2.35. The van der Waals surface area contributed by atoms with Crippen LogP contribution in [0.2, 0.25) is 25.2 Å². The Kier molecular flexibility index (Phi) is 3.96. The van der Waals surface area contributed by atoms with E-state index in [2.05, 4.69) is 38.7 Å². The third kappa shape index (κ3) is 2.96. The first kappa shape index (κ1) is 12.0. The van der Waals surface area contributed by atoms with Crippen molar-refractivity contribution in [3.8, 4) is 0 Å². The van der Waals surface area contributed by atoms with E-state index in [0.717, 1.165) is 17.9 Å². The lowest BCUT2D eigenvalue weighted by Gasteiger charge is -2.38. The van der Waals surface area contributed by atoms with Crippen molar-refractivity contribution in [3.05, 3.63) is 12.2 Å². The van der Waals surface area contributed by atoms with E-state index < -0.39 is 8.07 Å². The van der Waals surface area contributed by atoms with E-state index in [1.165, 1.54) is 6.42 Å². The molecule has 2 heteroatoms. The summed E-state index contributed by atoms with van der Waals surface area (Å²) in [6, 6.07) is 0. The van der Waals surface area contributed by atoms with Crippen LogP contribution in [0.3, 0.4) is 0 Å². The van der Waals surface area contributed by atoms with E-state index in [-0.39, 0.29) is 0 Å². The molecule has 0 bridgehead atoms. The lowest BCUT2D eigenvalue weighted by atomic mass is 9.87. The highest BCUT2D eigenvalue weighted by Crippen LogP contribution is 2.41. The molecule has 0 spiro atoms. The Morgan fingerprint density at radius 3 is 2.43 bits per heavy atom. The molecule has 1 aliphatic carbocycles. The zero-order valence-corrected chi connectivity index (χ0v) is 11.0. The van der Waals surface area contributed by atoms with E-state index in [1.54, 1.807) is 0 Å². The van der Waals surface area contributed by atoms with Crippen molar-refractivity contribution >= 4 is 8.07 Å². The Morgan fingerprint density at radius 1 is 1.29 bits per heavy atom. The number of aliphatic hydroxyl groups excluding tert-OH is 1. The third-order valence-electron chi connectivity index (χ3n) is 3.40. The van der Waals surface area contributed by atoms with Gasteiger partial charge >= 0.3 is 0 Å². The van der Waals surface area contributed by atoms with Gasteiger partial charge in [0.2, 0.25) is 0 Å². The molecule has 0 amide bonds. The second-order valence-corrected chi connectivity index (χ2v) is 11.2. The van der Waals surface area contributed by atoms with Crippen LogP contribution in [0.4, 0.5) is 0 Å². The summed E-state index contributed by atoms with van der Waals surface area (Å²) in [5, 5.41) is 9.05. The maximum atomic E-state index is 9.05. The highest BCUT2D eigenvalue weighted by atomic mass is 28.3. The SMILES string of the molecule is C[C@@H]1C=C[C@H](CCO)C([Si](C)(C)C)C1. The van der Waals surface area contributed by atoms with Crippen molar-refractivity contribution in [1.29, 1.82) is 0 Å². The van der Waals surface area contributed by atoms with Gasteiger partial charge in [-0.05, 0) is 30.2 Å². The molecule has 0 saturated heterocycles. The van der Waals surface area contributed by atoms with E-state index in [9.17, 15) is 0 Å². The van der Waals surface area contributed by atoms with Crippen LogP contribution in [0.15, 0.2) is 12.2 Å². The first-order chi connectivity index (χ1) is 6.45. The predicted octanol–water partition coefficient (Wildman–Crippen LogP) is 3.29. The fourth-order valence-corrected chi connectivity index (χ4v) is 5.20. The Labute approximate surface area is 89.2 Å². The first-order valence-corrected chi connectivity index (χ1v) is 9.32. The molecule has 0 aliphatic heterocycles. The lowest BCUT2D eigenvalue weighted by molar-refractivity contribution is 0.259. The van der Waals surface area contributed by atoms with Crippen LogP contribution in [0.25, 0.3) is 0 Å². The second kappa shape index (κ2) is 4.62. The van der Waals surface area contributed by atoms with Crippen LogP contribution in [-0.2, 0) is 0 Å². The molecule has 0 fully saturated rings. The van der Waals surface area contributed by atoms with Gasteiger partial charge < -0.3 is 5.11 Å². The zero-order valence-electron chi connectivity index (χ0n) is 9.96. The van der Waals surface area contributed by atoms with Crippen molar-refractivity contribution in [2.75, 3.05) is 6.61 Å². The van der Waals surface area contributed by atoms with E-state index >= 15 is 0 Å². The van der Waals surface area contributed by atoms with Gasteiger partial charge in [-0.2, -0.15) is 0 Å². The zero-order chi connectivity index (χ0) is 10.8. The van der Waals surface area contributed by atoms with Gasteiger partial charge in [0, 0.05) is 14.7 Å². The van der Waals surface area contributed by atoms with Crippen LogP contribution in [0.1, 0.15) is 19.8 Å². The van der Waals surface area contributed by atoms with Gasteiger partial charge in [-0.3, -0.25) is 0 Å². The van der Waals surface area contributed by atoms with Crippen molar-refractivity contribution in [1.82, 2.24) is 0 Å². The standard InChI is InChI=1S/C12H24OSi/c1-10-5-6-11(7-8-13)12(9-10)14(2,3)4/h5-6,10-13H,7-9H2,1-4H3/t10-,11-,12?/m1/s1. The molecule has 1 unspecified atom stereocenters. The predicted molar refractivity (Wildman–Crippen MR) is 65.2 cm³/mol. The van der Waals surface area contributed by atoms with Crippen LogP contribution in [0.5, 0.6) is 0 Å². The number of hydrogen-bond acceptors (Lipinski definition) is 1. The van der Waals surface area contributed by atoms with Crippen LogP contribution in [0, 0.1) is 11.8 Å². The van der Waals surface area contributed by atoms with Crippen LogP contribution in [-0.4, -0.2) is 19.8 Å². The topological polar surface area (TPSA) is 20.2 Å². The molecule has 1 nitrogen and oxygen atoms in total. The molecule has 0 aromatic carbocycles. The molecule has 3 atom stereocenters. The highest BCUT2D eigenvalue weighted by molar-refractivity contribution is 6.77. The summed E-state index contributed by atoms with van der Waals surface area (Å²) in [6.07, 6.45) is 6.97. The Balaban J connectivity index is 2.74. The van der Waals surface area contributed by atoms with Gasteiger partial charge in [-0.25, -0.2) is 0 Å². The van der Waals surface area contributed by atoms with Crippen molar-refractivity contribution in [2.24, 2.45) is 11.8 Å². The van der Waals surface area contributed by atoms with E-state index in [1.807, 2.05) is 0 Å². The molecule has 82 valence electrons. The van der Waals surface area contributed by atoms with E-state index in [4.69, 9.17) is 5.11 Å². The number of aliphatic hydroxyl groups is 1. The van der Waals surface area contributed by atoms with Gasteiger partial charge in [0.1, 0.15) is 0 Å². The van der Waals surface area contributed by atoms with Crippen molar-refractivity contribution in [2.45, 2.75) is 44.9 Å². The van der Waals surface area contributed by atoms with Crippen LogP contribution < -0.4 is 0 Å². The second-order valence-electron chi connectivity index (χ2n) is 5.75. The molecule has 1 aliphatic rings. The monoisotopic (exact) mass is 212 g/mol. The molecular formula is C12H24OSi. The van der Waals surface area contributed by atoms with Crippen LogP contribution >= 0.6 is 0 Å². The molecule has 1 N–H and O–H groups in total. The summed E-state index contributed by atoms with van der Waals surface area (Å²) in [4.78, 5) is 0. The molecule has 0 radical (unpaired) electrons. The summed E-state index contributed by atoms with van der Waals surface area (Å²) >= 11 is 0. The Bertz CT molecular complexity index is 205. The maximum Gasteiger partial charge on any atom is 0.0479 e. The van der Waals surface area contributed by atoms with Crippen molar-refractivity contribution < 1.29 is 5.11 Å². The summed E-state index contributed by atoms with van der Waals surface area (Å²) in [5.41, 5.74) is 0.856. The molecule has 1 rings (SSSR count). The number of rotatable bonds is 3. The fourth-order valence-electron chi connectivity index (χ4n) is 2.56. The molecule has 0 saturated carbocycles. The normalized spacial score (nSPS) is 33.4. The Hall–Kier alpha value is -0.0831. The van der Waals surface area contributed by atoms with Gasteiger partial charge in [0.25, 0.3) is 0 Å². The number of allylic oxidation sites excluding steroid dienone is 2. The molecule has 0 aromatic rings. The number of hydrogen-bond donors (Lipinski definition) is 1. The minimum absolute atomic E-state index is 0.338. The summed E-state index contributed by atoms with van der Waals surface area (Å²) in [7, 11) is -1.06. The molecule has 0 heterocycles. The highest BCUT2D eigenvalue weighted by Gasteiger charge is 2.34. The van der Waals surface area contributed by atoms with Gasteiger partial charge in [-0.15, -0.1) is 0 Å². The molecule has 0 aromatic heterocycles. The summed E-state index contributed by atoms with van der Waals surface area (Å²) in [6.45, 7) is 10.00. The van der Waals surface area contributed by atoms with Gasteiger partial charge in [-0.1, -0.05) is 38.7 Å². The van der Waals surface area contributed by atoms with E-state index in [0.29, 0.717) is 12.5 Å². The minimum Gasteiger partial charge on any atom is -0.396 e. The van der Waals surface area contributed by atoms with Crippen molar-refractivity contribution in [3.63, 3.8) is 0 Å².